The summed E-state index contributed by atoms with van der Waals surface area (Å²) in [4.78, 5) is 0. The summed E-state index contributed by atoms with van der Waals surface area (Å²) >= 11 is 0. The first-order valence-electron chi connectivity index (χ1n) is 5.89. The maximum absolute atomic E-state index is 9.81. The predicted octanol–water partition coefficient (Wildman–Crippen LogP) is 1.95. The van der Waals surface area contributed by atoms with E-state index in [1.54, 1.807) is 19.1 Å². The molecule has 0 amide bonds. The van der Waals surface area contributed by atoms with Gasteiger partial charge in [0.05, 0.1) is 0 Å². The molecule has 0 aromatic heterocycles. The molecule has 1 fully saturated rings. The van der Waals surface area contributed by atoms with E-state index in [1.165, 1.54) is 12.8 Å². The van der Waals surface area contributed by atoms with Gasteiger partial charge in [-0.3, -0.25) is 0 Å². The minimum Gasteiger partial charge on any atom is -0.508 e. The van der Waals surface area contributed by atoms with E-state index < -0.39 is 0 Å². The van der Waals surface area contributed by atoms with Crippen LogP contribution in [0.5, 0.6) is 11.5 Å². The molecule has 88 valence electrons. The first-order valence-corrected chi connectivity index (χ1v) is 5.89. The Bertz CT molecular complexity index is 370. The van der Waals surface area contributed by atoms with Gasteiger partial charge >= 0.3 is 0 Å². The van der Waals surface area contributed by atoms with Gasteiger partial charge in [-0.1, -0.05) is 0 Å². The van der Waals surface area contributed by atoms with E-state index in [0.29, 0.717) is 11.7 Å². The van der Waals surface area contributed by atoms with Crippen molar-refractivity contribution in [2.24, 2.45) is 5.92 Å². The normalized spacial score (nSPS) is 20.9. The van der Waals surface area contributed by atoms with Gasteiger partial charge in [-0.2, -0.15) is 0 Å². The lowest BCUT2D eigenvalue weighted by atomic mass is 9.91. The third-order valence-electron chi connectivity index (χ3n) is 3.30. The molecule has 16 heavy (non-hydrogen) atoms. The van der Waals surface area contributed by atoms with Crippen molar-refractivity contribution in [2.75, 3.05) is 13.1 Å². The monoisotopic (exact) mass is 221 g/mol. The Hall–Kier alpha value is -1.22. The lowest BCUT2D eigenvalue weighted by Gasteiger charge is -2.23. The number of hydrogen-bond acceptors (Lipinski definition) is 3. The summed E-state index contributed by atoms with van der Waals surface area (Å²) in [5.41, 5.74) is 1.58. The van der Waals surface area contributed by atoms with E-state index in [9.17, 15) is 10.2 Å². The molecule has 3 heteroatoms. The first-order chi connectivity index (χ1) is 7.66. The summed E-state index contributed by atoms with van der Waals surface area (Å²) in [7, 11) is 0. The van der Waals surface area contributed by atoms with Crippen LogP contribution < -0.4 is 5.32 Å². The topological polar surface area (TPSA) is 52.5 Å². The van der Waals surface area contributed by atoms with Crippen LogP contribution in [0.25, 0.3) is 0 Å². The summed E-state index contributed by atoms with van der Waals surface area (Å²) in [6.45, 7) is 3.90. The molecular weight excluding hydrogens is 202 g/mol. The number of rotatable bonds is 2. The Morgan fingerprint density at radius 1 is 1.31 bits per heavy atom. The van der Waals surface area contributed by atoms with E-state index in [2.05, 4.69) is 5.32 Å². The van der Waals surface area contributed by atoms with Gasteiger partial charge in [-0.25, -0.2) is 0 Å². The maximum atomic E-state index is 9.81. The number of nitrogens with one attached hydrogen (secondary N) is 1. The second-order valence-corrected chi connectivity index (χ2v) is 4.68. The van der Waals surface area contributed by atoms with Gasteiger partial charge in [-0.15, -0.1) is 0 Å². The average molecular weight is 221 g/mol. The lowest BCUT2D eigenvalue weighted by Crippen LogP contribution is -2.30. The molecule has 1 unspecified atom stereocenters. The van der Waals surface area contributed by atoms with Gasteiger partial charge in [0.1, 0.15) is 11.5 Å². The van der Waals surface area contributed by atoms with Crippen molar-refractivity contribution in [3.63, 3.8) is 0 Å². The predicted molar refractivity (Wildman–Crippen MR) is 63.8 cm³/mol. The molecule has 0 bridgehead atoms. The molecule has 1 aromatic carbocycles. The molecule has 0 aliphatic carbocycles. The molecule has 1 atom stereocenters. The summed E-state index contributed by atoms with van der Waals surface area (Å²) in [5.74, 6) is 1.15. The van der Waals surface area contributed by atoms with Gasteiger partial charge in [-0.05, 0) is 68.5 Å². The molecule has 3 nitrogen and oxygen atoms in total. The van der Waals surface area contributed by atoms with Crippen molar-refractivity contribution in [2.45, 2.75) is 26.2 Å². The van der Waals surface area contributed by atoms with Crippen LogP contribution >= 0.6 is 0 Å². The van der Waals surface area contributed by atoms with Crippen molar-refractivity contribution < 1.29 is 10.2 Å². The highest BCUT2D eigenvalue weighted by atomic mass is 16.3. The smallest absolute Gasteiger partial charge is 0.119 e. The van der Waals surface area contributed by atoms with E-state index in [-0.39, 0.29) is 5.75 Å². The Labute approximate surface area is 96.1 Å². The van der Waals surface area contributed by atoms with Crippen LogP contribution in [0.15, 0.2) is 12.1 Å². The molecule has 1 aliphatic heterocycles. The average Bonchev–Trinajstić information content (AvgIpc) is 2.27. The second kappa shape index (κ2) is 4.74. The fraction of sp³-hybridized carbons (Fsp3) is 0.538. The minimum atomic E-state index is 0.275. The second-order valence-electron chi connectivity index (χ2n) is 4.68. The fourth-order valence-electron chi connectivity index (χ4n) is 2.30. The number of phenolic OH excluding ortho intramolecular Hbond substituents is 2. The van der Waals surface area contributed by atoms with Crippen LogP contribution in [-0.4, -0.2) is 23.3 Å². The van der Waals surface area contributed by atoms with Gasteiger partial charge in [0.2, 0.25) is 0 Å². The summed E-state index contributed by atoms with van der Waals surface area (Å²) in [5, 5.41) is 22.8. The van der Waals surface area contributed by atoms with Crippen LogP contribution in [0.3, 0.4) is 0 Å². The van der Waals surface area contributed by atoms with E-state index in [4.69, 9.17) is 0 Å². The third kappa shape index (κ3) is 2.47. The molecule has 3 N–H and O–H groups in total. The summed E-state index contributed by atoms with van der Waals surface area (Å²) < 4.78 is 0. The molecule has 0 radical (unpaired) electrons. The number of aromatic hydroxyl groups is 2. The highest BCUT2D eigenvalue weighted by Crippen LogP contribution is 2.29. The number of aryl methyl sites for hydroxylation is 1. The van der Waals surface area contributed by atoms with E-state index in [0.717, 1.165) is 30.6 Å². The van der Waals surface area contributed by atoms with Gasteiger partial charge in [0.15, 0.2) is 0 Å². The molecule has 1 aromatic rings. The standard InChI is InChI=1S/C13H19NO2/c1-9-5-13(16)11(7-12(9)15)6-10-3-2-4-14-8-10/h5,7,10,14-16H,2-4,6,8H2,1H3. The number of benzene rings is 1. The van der Waals surface area contributed by atoms with Gasteiger partial charge in [0.25, 0.3) is 0 Å². The van der Waals surface area contributed by atoms with Crippen LogP contribution in [0.2, 0.25) is 0 Å². The third-order valence-corrected chi connectivity index (χ3v) is 3.30. The molecule has 1 aliphatic rings. The Morgan fingerprint density at radius 3 is 2.81 bits per heavy atom. The fourth-order valence-corrected chi connectivity index (χ4v) is 2.30. The van der Waals surface area contributed by atoms with Crippen molar-refractivity contribution in [1.29, 1.82) is 0 Å². The molecule has 0 saturated carbocycles. The van der Waals surface area contributed by atoms with Crippen LogP contribution in [0, 0.1) is 12.8 Å². The van der Waals surface area contributed by atoms with Crippen molar-refractivity contribution in [1.82, 2.24) is 5.32 Å². The molecule has 1 heterocycles. The van der Waals surface area contributed by atoms with E-state index in [1.807, 2.05) is 0 Å². The van der Waals surface area contributed by atoms with Crippen molar-refractivity contribution in [3.05, 3.63) is 23.3 Å². The minimum absolute atomic E-state index is 0.275. The number of hydrogen-bond donors (Lipinski definition) is 3. The quantitative estimate of drug-likeness (QED) is 0.669. The first kappa shape index (κ1) is 11.3. The summed E-state index contributed by atoms with van der Waals surface area (Å²) in [6, 6.07) is 3.33. The van der Waals surface area contributed by atoms with Crippen LogP contribution in [-0.2, 0) is 6.42 Å². The summed E-state index contributed by atoms with van der Waals surface area (Å²) in [6.07, 6.45) is 3.23. The van der Waals surface area contributed by atoms with Gasteiger partial charge in [0, 0.05) is 0 Å². The van der Waals surface area contributed by atoms with Crippen LogP contribution in [0.1, 0.15) is 24.0 Å². The van der Waals surface area contributed by atoms with Crippen molar-refractivity contribution >= 4 is 0 Å². The largest absolute Gasteiger partial charge is 0.508 e. The van der Waals surface area contributed by atoms with Crippen molar-refractivity contribution in [3.8, 4) is 11.5 Å². The Kier molecular flexibility index (Phi) is 3.34. The molecular formula is C13H19NO2. The molecule has 0 spiro atoms. The lowest BCUT2D eigenvalue weighted by molar-refractivity contribution is 0.368. The Balaban J connectivity index is 2.11. The zero-order chi connectivity index (χ0) is 11.5. The number of phenols is 2. The maximum Gasteiger partial charge on any atom is 0.119 e. The highest BCUT2D eigenvalue weighted by Gasteiger charge is 2.16. The van der Waals surface area contributed by atoms with Crippen LogP contribution in [0.4, 0.5) is 0 Å². The highest BCUT2D eigenvalue weighted by molar-refractivity contribution is 5.44. The SMILES string of the molecule is Cc1cc(O)c(CC2CCCNC2)cc1O. The van der Waals surface area contributed by atoms with Gasteiger partial charge < -0.3 is 15.5 Å². The number of piperidine rings is 1. The zero-order valence-electron chi connectivity index (χ0n) is 9.66. The Morgan fingerprint density at radius 2 is 2.12 bits per heavy atom. The molecule has 2 rings (SSSR count). The zero-order valence-corrected chi connectivity index (χ0v) is 9.66. The molecule has 1 saturated heterocycles. The van der Waals surface area contributed by atoms with E-state index >= 15 is 0 Å².